The largest absolute Gasteiger partial charge is 0.416 e. The fourth-order valence-electron chi connectivity index (χ4n) is 4.46. The van der Waals surface area contributed by atoms with Crippen LogP contribution in [0, 0.1) is 0 Å². The van der Waals surface area contributed by atoms with Gasteiger partial charge in [-0.3, -0.25) is 9.59 Å². The molecule has 14 heteroatoms. The molecule has 3 aromatic rings. The summed E-state index contributed by atoms with van der Waals surface area (Å²) < 4.78 is 40.6. The summed E-state index contributed by atoms with van der Waals surface area (Å²) in [6, 6.07) is 2.71. The van der Waals surface area contributed by atoms with Gasteiger partial charge in [-0.05, 0) is 31.5 Å². The van der Waals surface area contributed by atoms with Gasteiger partial charge >= 0.3 is 6.18 Å². The van der Waals surface area contributed by atoms with Gasteiger partial charge in [0.25, 0.3) is 0 Å². The fraction of sp³-hybridized carbons (Fsp3) is 0.458. The van der Waals surface area contributed by atoms with Crippen LogP contribution in [0.15, 0.2) is 23.0 Å². The van der Waals surface area contributed by atoms with Gasteiger partial charge in [0.05, 0.1) is 16.3 Å². The Morgan fingerprint density at radius 3 is 2.63 bits per heavy atom. The second-order valence-electron chi connectivity index (χ2n) is 9.23. The van der Waals surface area contributed by atoms with E-state index < -0.39 is 17.6 Å². The molecule has 1 fully saturated rings. The van der Waals surface area contributed by atoms with Crippen molar-refractivity contribution in [1.82, 2.24) is 25.1 Å². The zero-order valence-corrected chi connectivity index (χ0v) is 22.1. The van der Waals surface area contributed by atoms with E-state index in [0.717, 1.165) is 18.2 Å². The summed E-state index contributed by atoms with van der Waals surface area (Å²) in [7, 11) is 3.45. The minimum absolute atomic E-state index is 0.00976. The Kier molecular flexibility index (Phi) is 7.79. The molecule has 0 bridgehead atoms. The van der Waals surface area contributed by atoms with Gasteiger partial charge in [0.15, 0.2) is 11.2 Å². The van der Waals surface area contributed by atoms with Gasteiger partial charge in [0.1, 0.15) is 12.2 Å². The maximum atomic E-state index is 13.8. The smallest absolute Gasteiger partial charge is 0.362 e. The number of carbonyl (C=O) groups excluding carboxylic acids is 1. The summed E-state index contributed by atoms with van der Waals surface area (Å²) in [6.07, 6.45) is -4.16. The number of hydrogen-bond acceptors (Lipinski definition) is 8. The van der Waals surface area contributed by atoms with Crippen molar-refractivity contribution in [3.8, 4) is 0 Å². The molecule has 2 aromatic heterocycles. The van der Waals surface area contributed by atoms with E-state index in [2.05, 4.69) is 25.8 Å². The van der Waals surface area contributed by atoms with Gasteiger partial charge in [-0.25, -0.2) is 4.98 Å². The Balaban J connectivity index is 1.80. The molecule has 1 atom stereocenters. The van der Waals surface area contributed by atoms with Crippen molar-refractivity contribution in [1.29, 1.82) is 0 Å². The number of piperazine rings is 1. The van der Waals surface area contributed by atoms with Crippen LogP contribution in [0.2, 0.25) is 5.02 Å². The molecule has 1 unspecified atom stereocenters. The van der Waals surface area contributed by atoms with E-state index in [9.17, 15) is 22.8 Å². The minimum Gasteiger partial charge on any atom is -0.362 e. The average Bonchev–Trinajstić information content (AvgIpc) is 2.86. The monoisotopic (exact) mass is 552 g/mol. The van der Waals surface area contributed by atoms with Crippen molar-refractivity contribution in [2.75, 3.05) is 48.8 Å². The van der Waals surface area contributed by atoms with Gasteiger partial charge in [-0.1, -0.05) is 18.5 Å². The molecule has 38 heavy (non-hydrogen) atoms. The van der Waals surface area contributed by atoms with Gasteiger partial charge in [0.2, 0.25) is 17.3 Å². The third-order valence-electron chi connectivity index (χ3n) is 6.34. The number of alkyl halides is 3. The van der Waals surface area contributed by atoms with Crippen LogP contribution < -0.4 is 25.9 Å². The van der Waals surface area contributed by atoms with Crippen LogP contribution in [0.25, 0.3) is 11.2 Å². The Labute approximate surface area is 221 Å². The van der Waals surface area contributed by atoms with Crippen molar-refractivity contribution < 1.29 is 18.0 Å². The summed E-state index contributed by atoms with van der Waals surface area (Å²) in [4.78, 5) is 35.0. The quantitative estimate of drug-likeness (QED) is 0.481. The summed E-state index contributed by atoms with van der Waals surface area (Å²) in [6.45, 7) is 5.53. The van der Waals surface area contributed by atoms with Crippen LogP contribution in [0.3, 0.4) is 0 Å². The highest BCUT2D eigenvalue weighted by Gasteiger charge is 2.31. The van der Waals surface area contributed by atoms with E-state index in [4.69, 9.17) is 11.6 Å². The Morgan fingerprint density at radius 1 is 1.29 bits per heavy atom. The number of aromatic nitrogens is 4. The lowest BCUT2D eigenvalue weighted by atomic mass is 10.1. The van der Waals surface area contributed by atoms with E-state index in [1.54, 1.807) is 23.6 Å². The first kappa shape index (κ1) is 27.6. The molecular formula is C24H28ClF3N8O2. The summed E-state index contributed by atoms with van der Waals surface area (Å²) >= 11 is 6.03. The van der Waals surface area contributed by atoms with Crippen LogP contribution in [0.5, 0.6) is 0 Å². The van der Waals surface area contributed by atoms with E-state index in [1.807, 2.05) is 18.7 Å². The van der Waals surface area contributed by atoms with Gasteiger partial charge in [0, 0.05) is 45.5 Å². The maximum absolute atomic E-state index is 13.8. The molecule has 204 valence electrons. The number of nitrogens with zero attached hydrogens (tertiary/aromatic N) is 6. The second-order valence-corrected chi connectivity index (χ2v) is 9.64. The first-order valence-corrected chi connectivity index (χ1v) is 12.4. The van der Waals surface area contributed by atoms with Gasteiger partial charge in [-0.15, -0.1) is 10.2 Å². The third-order valence-corrected chi connectivity index (χ3v) is 6.65. The van der Waals surface area contributed by atoms with Crippen molar-refractivity contribution in [2.45, 2.75) is 39.0 Å². The second kappa shape index (κ2) is 10.7. The highest BCUT2D eigenvalue weighted by molar-refractivity contribution is 6.33. The van der Waals surface area contributed by atoms with Crippen LogP contribution in [-0.2, 0) is 23.9 Å². The average molecular weight is 553 g/mol. The first-order valence-electron chi connectivity index (χ1n) is 12.0. The number of halogens is 4. The van der Waals surface area contributed by atoms with Crippen molar-refractivity contribution >= 4 is 46.0 Å². The van der Waals surface area contributed by atoms with E-state index >= 15 is 0 Å². The molecule has 1 amide bonds. The van der Waals surface area contributed by atoms with Crippen LogP contribution >= 0.6 is 11.6 Å². The molecular weight excluding hydrogens is 525 g/mol. The molecule has 4 rings (SSSR count). The number of amides is 1. The molecule has 1 aromatic carbocycles. The SMILES string of the molecule is CCc1c(N2CCNCC2C)c(=O)c2nc(N(C)C)nnc2n1CC(=O)Nc1ccc(C(F)(F)F)cc1Cl. The molecule has 1 saturated heterocycles. The molecule has 2 N–H and O–H groups in total. The number of benzene rings is 1. The summed E-state index contributed by atoms with van der Waals surface area (Å²) in [5.41, 5.74) is 0.0417. The number of fused-ring (bicyclic) bond motifs is 1. The molecule has 1 aliphatic rings. The highest BCUT2D eigenvalue weighted by atomic mass is 35.5. The lowest BCUT2D eigenvalue weighted by Gasteiger charge is -2.37. The topological polar surface area (TPSA) is 108 Å². The zero-order chi connectivity index (χ0) is 27.8. The van der Waals surface area contributed by atoms with Crippen molar-refractivity contribution in [3.05, 3.63) is 44.7 Å². The molecule has 3 heterocycles. The van der Waals surface area contributed by atoms with Gasteiger partial charge < -0.3 is 25.0 Å². The zero-order valence-electron chi connectivity index (χ0n) is 21.4. The predicted molar refractivity (Wildman–Crippen MR) is 140 cm³/mol. The van der Waals surface area contributed by atoms with Crippen LogP contribution in [-0.4, -0.2) is 65.4 Å². The number of hydrogen-bond donors (Lipinski definition) is 2. The molecule has 1 aliphatic heterocycles. The molecule has 10 nitrogen and oxygen atoms in total. The van der Waals surface area contributed by atoms with E-state index in [1.165, 1.54) is 0 Å². The number of anilines is 3. The lowest BCUT2D eigenvalue weighted by molar-refractivity contribution is -0.137. The van der Waals surface area contributed by atoms with E-state index in [-0.39, 0.29) is 45.8 Å². The van der Waals surface area contributed by atoms with Gasteiger partial charge in [-0.2, -0.15) is 13.2 Å². The molecule has 0 aliphatic carbocycles. The first-order chi connectivity index (χ1) is 17.9. The summed E-state index contributed by atoms with van der Waals surface area (Å²) in [5, 5.41) is 14.0. The summed E-state index contributed by atoms with van der Waals surface area (Å²) in [5.74, 6) is -0.324. The number of pyridine rings is 1. The highest BCUT2D eigenvalue weighted by Crippen LogP contribution is 2.34. The number of nitrogens with one attached hydrogen (secondary N) is 2. The minimum atomic E-state index is -4.56. The lowest BCUT2D eigenvalue weighted by Crippen LogP contribution is -2.52. The van der Waals surface area contributed by atoms with E-state index in [0.29, 0.717) is 37.4 Å². The third kappa shape index (κ3) is 5.39. The van der Waals surface area contributed by atoms with Crippen molar-refractivity contribution in [2.24, 2.45) is 0 Å². The maximum Gasteiger partial charge on any atom is 0.416 e. The standard InChI is InChI=1S/C24H28ClF3N8O2/c1-5-17-20(35-9-8-29-11-13(35)2)21(38)19-22(32-33-23(31-19)34(3)4)36(17)12-18(37)30-16-7-6-14(10-15(16)25)24(26,27)28/h6-7,10,13,29H,5,8-9,11-12H2,1-4H3,(H,30,37). The fourth-order valence-corrected chi connectivity index (χ4v) is 4.69. The molecule has 0 spiro atoms. The Hall–Kier alpha value is -3.45. The normalized spacial score (nSPS) is 16.1. The predicted octanol–water partition coefficient (Wildman–Crippen LogP) is 2.92. The van der Waals surface area contributed by atoms with Crippen molar-refractivity contribution in [3.63, 3.8) is 0 Å². The number of rotatable bonds is 6. The Bertz CT molecular complexity index is 1430. The van der Waals surface area contributed by atoms with Crippen LogP contribution in [0.4, 0.5) is 30.5 Å². The Morgan fingerprint density at radius 2 is 2.03 bits per heavy atom. The molecule has 0 radical (unpaired) electrons. The number of carbonyl (C=O) groups is 1. The molecule has 0 saturated carbocycles. The van der Waals surface area contributed by atoms with Crippen LogP contribution in [0.1, 0.15) is 25.1 Å².